The molecule has 1 aromatic heterocycles. The highest BCUT2D eigenvalue weighted by Crippen LogP contribution is 2.27. The lowest BCUT2D eigenvalue weighted by atomic mass is 10.3. The number of sulfonamides is 1. The Morgan fingerprint density at radius 3 is 2.43 bits per heavy atom. The minimum absolute atomic E-state index is 0.0949. The third-order valence-electron chi connectivity index (χ3n) is 4.52. The van der Waals surface area contributed by atoms with Gasteiger partial charge in [-0.1, -0.05) is 12.1 Å². The first kappa shape index (κ1) is 20.4. The van der Waals surface area contributed by atoms with Crippen molar-refractivity contribution in [1.82, 2.24) is 14.3 Å². The predicted molar refractivity (Wildman–Crippen MR) is 100 cm³/mol. The Morgan fingerprint density at radius 1 is 1.03 bits per heavy atom. The Balaban J connectivity index is 1.43. The SMILES string of the molecule is O=S(=O)(c1ccc(OC(F)(F)F)cc1)N1CCC(Oc2cnc3ccccc3n2)C1. The summed E-state index contributed by atoms with van der Waals surface area (Å²) in [6.45, 7) is 0.312. The summed E-state index contributed by atoms with van der Waals surface area (Å²) in [4.78, 5) is 8.50. The quantitative estimate of drug-likeness (QED) is 0.606. The summed E-state index contributed by atoms with van der Waals surface area (Å²) in [5, 5.41) is 0. The van der Waals surface area contributed by atoms with E-state index >= 15 is 0 Å². The lowest BCUT2D eigenvalue weighted by molar-refractivity contribution is -0.274. The van der Waals surface area contributed by atoms with Crippen molar-refractivity contribution in [1.29, 1.82) is 0 Å². The second-order valence-electron chi connectivity index (χ2n) is 6.61. The maximum Gasteiger partial charge on any atom is 0.573 e. The van der Waals surface area contributed by atoms with Crippen molar-refractivity contribution in [3.63, 3.8) is 0 Å². The number of nitrogens with zero attached hydrogens (tertiary/aromatic N) is 3. The second kappa shape index (κ2) is 7.73. The molecule has 1 unspecified atom stereocenters. The molecule has 0 N–H and O–H groups in total. The number of hydrogen-bond donors (Lipinski definition) is 0. The van der Waals surface area contributed by atoms with Gasteiger partial charge in [0.1, 0.15) is 11.9 Å². The van der Waals surface area contributed by atoms with Crippen LogP contribution >= 0.6 is 0 Å². The summed E-state index contributed by atoms with van der Waals surface area (Å²) in [5.74, 6) is -0.189. The summed E-state index contributed by atoms with van der Waals surface area (Å²) in [5.41, 5.74) is 1.39. The van der Waals surface area contributed by atoms with E-state index in [-0.39, 0.29) is 18.0 Å². The number of hydrogen-bond acceptors (Lipinski definition) is 6. The molecule has 7 nitrogen and oxygen atoms in total. The van der Waals surface area contributed by atoms with Gasteiger partial charge in [0.15, 0.2) is 0 Å². The third kappa shape index (κ3) is 4.46. The van der Waals surface area contributed by atoms with Gasteiger partial charge >= 0.3 is 6.36 Å². The number of rotatable bonds is 5. The molecule has 1 fully saturated rings. The smallest absolute Gasteiger partial charge is 0.472 e. The van der Waals surface area contributed by atoms with Crippen LogP contribution in [0.25, 0.3) is 11.0 Å². The number of benzene rings is 2. The van der Waals surface area contributed by atoms with Crippen molar-refractivity contribution in [2.24, 2.45) is 0 Å². The highest BCUT2D eigenvalue weighted by atomic mass is 32.2. The zero-order chi connectivity index (χ0) is 21.4. The molecule has 1 aliphatic rings. The molecule has 30 heavy (non-hydrogen) atoms. The van der Waals surface area contributed by atoms with E-state index < -0.39 is 28.2 Å². The van der Waals surface area contributed by atoms with Crippen molar-refractivity contribution >= 4 is 21.1 Å². The van der Waals surface area contributed by atoms with Crippen LogP contribution in [0.2, 0.25) is 0 Å². The fourth-order valence-electron chi connectivity index (χ4n) is 3.14. The summed E-state index contributed by atoms with van der Waals surface area (Å²) < 4.78 is 73.1. The molecule has 3 aromatic rings. The van der Waals surface area contributed by atoms with Crippen molar-refractivity contribution in [3.05, 3.63) is 54.7 Å². The zero-order valence-electron chi connectivity index (χ0n) is 15.4. The van der Waals surface area contributed by atoms with Gasteiger partial charge in [0.2, 0.25) is 15.9 Å². The van der Waals surface area contributed by atoms with Crippen LogP contribution < -0.4 is 9.47 Å². The number of para-hydroxylation sites is 2. The molecule has 2 aromatic carbocycles. The number of halogens is 3. The molecule has 1 saturated heterocycles. The van der Waals surface area contributed by atoms with Crippen LogP contribution in [-0.4, -0.2) is 48.2 Å². The van der Waals surface area contributed by atoms with E-state index in [1.54, 1.807) is 6.07 Å². The van der Waals surface area contributed by atoms with Gasteiger partial charge in [-0.2, -0.15) is 4.31 Å². The fraction of sp³-hybridized carbons (Fsp3) is 0.263. The molecule has 0 bridgehead atoms. The van der Waals surface area contributed by atoms with Crippen molar-refractivity contribution < 1.29 is 31.1 Å². The maximum atomic E-state index is 12.8. The van der Waals surface area contributed by atoms with E-state index in [0.717, 1.165) is 29.8 Å². The Bertz CT molecular complexity index is 1150. The molecular formula is C19H16F3N3O4S. The van der Waals surface area contributed by atoms with Gasteiger partial charge in [0, 0.05) is 6.54 Å². The number of ether oxygens (including phenoxy) is 2. The minimum Gasteiger partial charge on any atom is -0.472 e. The first-order chi connectivity index (χ1) is 14.2. The maximum absolute atomic E-state index is 12.8. The van der Waals surface area contributed by atoms with Crippen molar-refractivity contribution in [2.75, 3.05) is 13.1 Å². The number of alkyl halides is 3. The van der Waals surface area contributed by atoms with Crippen LogP contribution in [0.5, 0.6) is 11.6 Å². The van der Waals surface area contributed by atoms with Crippen LogP contribution in [0.15, 0.2) is 59.6 Å². The van der Waals surface area contributed by atoms with Crippen LogP contribution in [0.3, 0.4) is 0 Å². The standard InChI is InChI=1S/C19H16F3N3O4S/c20-19(21,22)29-13-5-7-15(8-6-13)30(26,27)25-10-9-14(12-25)28-18-11-23-16-3-1-2-4-17(16)24-18/h1-8,11,14H,9-10,12H2. The monoisotopic (exact) mass is 439 g/mol. The summed E-state index contributed by atoms with van der Waals surface area (Å²) in [6.07, 6.45) is -3.32. The molecule has 0 aliphatic carbocycles. The molecule has 11 heteroatoms. The molecule has 158 valence electrons. The van der Waals surface area contributed by atoms with Crippen LogP contribution in [0.4, 0.5) is 13.2 Å². The van der Waals surface area contributed by atoms with E-state index in [1.165, 1.54) is 10.5 Å². The Labute approximate surface area is 170 Å². The van der Waals surface area contributed by atoms with Gasteiger partial charge in [-0.05, 0) is 42.8 Å². The van der Waals surface area contributed by atoms with Gasteiger partial charge in [-0.25, -0.2) is 18.4 Å². The highest BCUT2D eigenvalue weighted by Gasteiger charge is 2.35. The first-order valence-electron chi connectivity index (χ1n) is 8.95. The Hall–Kier alpha value is -2.92. The lowest BCUT2D eigenvalue weighted by Gasteiger charge is -2.17. The lowest BCUT2D eigenvalue weighted by Crippen LogP contribution is -2.31. The molecular weight excluding hydrogens is 423 g/mol. The molecule has 1 atom stereocenters. The number of aromatic nitrogens is 2. The molecule has 2 heterocycles. The van der Waals surface area contributed by atoms with E-state index in [1.807, 2.05) is 18.2 Å². The molecule has 1 aliphatic heterocycles. The fourth-order valence-corrected chi connectivity index (χ4v) is 4.63. The second-order valence-corrected chi connectivity index (χ2v) is 8.55. The molecule has 4 rings (SSSR count). The van der Waals surface area contributed by atoms with E-state index in [9.17, 15) is 21.6 Å². The van der Waals surface area contributed by atoms with Crippen LogP contribution in [0, 0.1) is 0 Å². The Kier molecular flexibility index (Phi) is 5.24. The summed E-state index contributed by atoms with van der Waals surface area (Å²) in [7, 11) is -3.88. The molecule has 0 radical (unpaired) electrons. The normalized spacial score (nSPS) is 17.9. The molecule has 0 spiro atoms. The van der Waals surface area contributed by atoms with Gasteiger partial charge < -0.3 is 9.47 Å². The van der Waals surface area contributed by atoms with E-state index in [2.05, 4.69) is 14.7 Å². The van der Waals surface area contributed by atoms with Crippen molar-refractivity contribution in [2.45, 2.75) is 23.8 Å². The van der Waals surface area contributed by atoms with Crippen molar-refractivity contribution in [3.8, 4) is 11.6 Å². The Morgan fingerprint density at radius 2 is 1.73 bits per heavy atom. The highest BCUT2D eigenvalue weighted by molar-refractivity contribution is 7.89. The third-order valence-corrected chi connectivity index (χ3v) is 6.40. The average Bonchev–Trinajstić information content (AvgIpc) is 3.16. The topological polar surface area (TPSA) is 81.6 Å². The summed E-state index contributed by atoms with van der Waals surface area (Å²) >= 11 is 0. The van der Waals surface area contributed by atoms with E-state index in [4.69, 9.17) is 4.74 Å². The first-order valence-corrected chi connectivity index (χ1v) is 10.4. The van der Waals surface area contributed by atoms with Gasteiger partial charge in [0.25, 0.3) is 0 Å². The van der Waals surface area contributed by atoms with Crippen LogP contribution in [-0.2, 0) is 10.0 Å². The zero-order valence-corrected chi connectivity index (χ0v) is 16.2. The van der Waals surface area contributed by atoms with E-state index in [0.29, 0.717) is 17.8 Å². The summed E-state index contributed by atoms with van der Waals surface area (Å²) in [6, 6.07) is 11.4. The van der Waals surface area contributed by atoms with Crippen LogP contribution in [0.1, 0.15) is 6.42 Å². The number of fused-ring (bicyclic) bond motifs is 1. The largest absolute Gasteiger partial charge is 0.573 e. The predicted octanol–water partition coefficient (Wildman–Crippen LogP) is 3.37. The molecule has 0 saturated carbocycles. The molecule has 0 amide bonds. The van der Waals surface area contributed by atoms with Gasteiger partial charge in [-0.3, -0.25) is 0 Å². The van der Waals surface area contributed by atoms with Gasteiger partial charge in [-0.15, -0.1) is 13.2 Å². The average molecular weight is 439 g/mol. The minimum atomic E-state index is -4.84. The van der Waals surface area contributed by atoms with Gasteiger partial charge in [0.05, 0.1) is 28.7 Å².